The average Bonchev–Trinajstić information content (AvgIpc) is 3.03. The molecule has 0 radical (unpaired) electrons. The summed E-state index contributed by atoms with van der Waals surface area (Å²) in [5, 5.41) is 8.24. The molecule has 0 saturated carbocycles. The van der Waals surface area contributed by atoms with Gasteiger partial charge in [-0.15, -0.1) is 0 Å². The van der Waals surface area contributed by atoms with Crippen molar-refractivity contribution in [1.82, 2.24) is 0 Å². The first kappa shape index (κ1) is 11.1. The van der Waals surface area contributed by atoms with Gasteiger partial charge in [0.1, 0.15) is 0 Å². The first-order chi connectivity index (χ1) is 10.4. The highest BCUT2D eigenvalue weighted by Crippen LogP contribution is 2.29. The topological polar surface area (TPSA) is 0 Å². The van der Waals surface area contributed by atoms with E-state index in [-0.39, 0.29) is 0 Å². The maximum Gasteiger partial charge on any atom is -0.00235 e. The van der Waals surface area contributed by atoms with Crippen LogP contribution in [0.15, 0.2) is 48.6 Å². The van der Waals surface area contributed by atoms with Gasteiger partial charge in [-0.05, 0) is 49.5 Å². The molecular formula is C21H14. The van der Waals surface area contributed by atoms with E-state index in [0.29, 0.717) is 0 Å². The molecule has 0 bridgehead atoms. The van der Waals surface area contributed by atoms with Crippen LogP contribution in [0.25, 0.3) is 45.8 Å². The molecule has 21 heavy (non-hydrogen) atoms. The molecule has 0 heteroatoms. The SMILES string of the molecule is C1=Cc2c(ccc3c2c2c(c4ccccc43)C=CCC=2)=C1. The van der Waals surface area contributed by atoms with Gasteiger partial charge < -0.3 is 0 Å². The Hall–Kier alpha value is -2.60. The Morgan fingerprint density at radius 2 is 1.67 bits per heavy atom. The van der Waals surface area contributed by atoms with E-state index in [0.717, 1.165) is 6.42 Å². The van der Waals surface area contributed by atoms with Crippen molar-refractivity contribution in [2.75, 3.05) is 0 Å². The largest absolute Gasteiger partial charge is 0.0801 e. The summed E-state index contributed by atoms with van der Waals surface area (Å²) in [6.45, 7) is 0. The summed E-state index contributed by atoms with van der Waals surface area (Å²) in [7, 11) is 0. The molecule has 98 valence electrons. The summed E-state index contributed by atoms with van der Waals surface area (Å²) in [5.74, 6) is 0. The van der Waals surface area contributed by atoms with Crippen LogP contribution in [0.4, 0.5) is 0 Å². The Kier molecular flexibility index (Phi) is 2.09. The predicted molar refractivity (Wildman–Crippen MR) is 92.3 cm³/mol. The molecule has 2 aliphatic rings. The molecule has 0 aliphatic heterocycles. The summed E-state index contributed by atoms with van der Waals surface area (Å²) in [4.78, 5) is 0. The third-order valence-corrected chi connectivity index (χ3v) is 4.63. The second-order valence-electron chi connectivity index (χ2n) is 5.73. The van der Waals surface area contributed by atoms with E-state index in [1.54, 1.807) is 0 Å². The van der Waals surface area contributed by atoms with Crippen LogP contribution in [0.1, 0.15) is 17.5 Å². The smallest absolute Gasteiger partial charge is 0.00235 e. The van der Waals surface area contributed by atoms with Gasteiger partial charge in [-0.2, -0.15) is 0 Å². The number of hydrogen-bond acceptors (Lipinski definition) is 0. The van der Waals surface area contributed by atoms with Crippen molar-refractivity contribution in [3.05, 3.63) is 70.1 Å². The number of allylic oxidation sites excluding steroid dienone is 2. The van der Waals surface area contributed by atoms with E-state index in [4.69, 9.17) is 0 Å². The number of benzene rings is 3. The highest BCUT2D eigenvalue weighted by atomic mass is 14.2. The zero-order valence-corrected chi connectivity index (χ0v) is 11.6. The maximum atomic E-state index is 2.37. The van der Waals surface area contributed by atoms with Gasteiger partial charge in [-0.3, -0.25) is 0 Å². The second-order valence-corrected chi connectivity index (χ2v) is 5.73. The summed E-state index contributed by atoms with van der Waals surface area (Å²) in [6.07, 6.45) is 14.6. The zero-order valence-electron chi connectivity index (χ0n) is 11.6. The predicted octanol–water partition coefficient (Wildman–Crippen LogP) is 4.00. The highest BCUT2D eigenvalue weighted by molar-refractivity contribution is 6.14. The Bertz CT molecular complexity index is 1090. The minimum Gasteiger partial charge on any atom is -0.0801 e. The lowest BCUT2D eigenvalue weighted by Crippen LogP contribution is -2.15. The van der Waals surface area contributed by atoms with Crippen molar-refractivity contribution < 1.29 is 0 Å². The molecule has 5 rings (SSSR count). The molecule has 0 unspecified atom stereocenters. The van der Waals surface area contributed by atoms with Crippen molar-refractivity contribution in [2.45, 2.75) is 6.42 Å². The van der Waals surface area contributed by atoms with Crippen LogP contribution >= 0.6 is 0 Å². The van der Waals surface area contributed by atoms with Crippen LogP contribution in [0.2, 0.25) is 0 Å². The fourth-order valence-corrected chi connectivity index (χ4v) is 3.72. The monoisotopic (exact) mass is 266 g/mol. The van der Waals surface area contributed by atoms with Crippen LogP contribution in [0.5, 0.6) is 0 Å². The van der Waals surface area contributed by atoms with E-state index < -0.39 is 0 Å². The zero-order chi connectivity index (χ0) is 13.8. The van der Waals surface area contributed by atoms with Crippen molar-refractivity contribution in [3.8, 4) is 0 Å². The standard InChI is InChI=1S/C21H14/c1-2-9-18-16(7-1)17-8-3-4-10-19(17)21-15-11-5-6-14(15)12-13-20(18)21/h1-3,5-13H,4H2. The first-order valence-electron chi connectivity index (χ1n) is 7.46. The lowest BCUT2D eigenvalue weighted by Gasteiger charge is -2.14. The third kappa shape index (κ3) is 1.39. The van der Waals surface area contributed by atoms with Gasteiger partial charge in [0.2, 0.25) is 0 Å². The average molecular weight is 266 g/mol. The lowest BCUT2D eigenvalue weighted by molar-refractivity contribution is 1.45. The molecule has 0 nitrogen and oxygen atoms in total. The summed E-state index contributed by atoms with van der Waals surface area (Å²) >= 11 is 0. The van der Waals surface area contributed by atoms with E-state index in [1.165, 1.54) is 43.1 Å². The molecule has 0 amide bonds. The van der Waals surface area contributed by atoms with E-state index in [1.807, 2.05) is 0 Å². The molecule has 0 spiro atoms. The quantitative estimate of drug-likeness (QED) is 0.540. The minimum atomic E-state index is 1.03. The fraction of sp³-hybridized carbons (Fsp3) is 0.0476. The van der Waals surface area contributed by atoms with Gasteiger partial charge in [0.25, 0.3) is 0 Å². The van der Waals surface area contributed by atoms with Crippen LogP contribution < -0.4 is 10.4 Å². The van der Waals surface area contributed by atoms with Crippen LogP contribution in [0, 0.1) is 0 Å². The molecule has 0 aromatic heterocycles. The normalized spacial score (nSPS) is 14.9. The molecule has 0 saturated heterocycles. The molecule has 0 heterocycles. The lowest BCUT2D eigenvalue weighted by atomic mass is 9.89. The molecule has 3 aromatic carbocycles. The molecule has 0 N–H and O–H groups in total. The van der Waals surface area contributed by atoms with Gasteiger partial charge in [0.15, 0.2) is 0 Å². The molecule has 3 aromatic rings. The number of fused-ring (bicyclic) bond motifs is 8. The Morgan fingerprint density at radius 1 is 0.762 bits per heavy atom. The summed E-state index contributed by atoms with van der Waals surface area (Å²) < 4.78 is 0. The molecule has 0 atom stereocenters. The Morgan fingerprint density at radius 3 is 2.62 bits per heavy atom. The van der Waals surface area contributed by atoms with Gasteiger partial charge in [0, 0.05) is 0 Å². The Balaban J connectivity index is 2.20. The summed E-state index contributed by atoms with van der Waals surface area (Å²) in [6, 6.07) is 13.3. The first-order valence-corrected chi connectivity index (χ1v) is 7.46. The van der Waals surface area contributed by atoms with E-state index in [9.17, 15) is 0 Å². The van der Waals surface area contributed by atoms with Crippen molar-refractivity contribution in [1.29, 1.82) is 0 Å². The van der Waals surface area contributed by atoms with Crippen LogP contribution in [0.3, 0.4) is 0 Å². The van der Waals surface area contributed by atoms with Crippen molar-refractivity contribution in [2.24, 2.45) is 0 Å². The van der Waals surface area contributed by atoms with Crippen LogP contribution in [-0.4, -0.2) is 0 Å². The van der Waals surface area contributed by atoms with E-state index in [2.05, 4.69) is 72.9 Å². The Labute approximate surface area is 123 Å². The van der Waals surface area contributed by atoms with Gasteiger partial charge in [0.05, 0.1) is 0 Å². The highest BCUT2D eigenvalue weighted by Gasteiger charge is 2.13. The third-order valence-electron chi connectivity index (χ3n) is 4.63. The summed E-state index contributed by atoms with van der Waals surface area (Å²) in [5.41, 5.74) is 2.75. The fourth-order valence-electron chi connectivity index (χ4n) is 3.72. The van der Waals surface area contributed by atoms with Gasteiger partial charge in [-0.1, -0.05) is 72.9 Å². The molecular weight excluding hydrogens is 252 g/mol. The van der Waals surface area contributed by atoms with E-state index >= 15 is 0 Å². The van der Waals surface area contributed by atoms with Gasteiger partial charge in [-0.25, -0.2) is 0 Å². The molecule has 0 fully saturated rings. The minimum absolute atomic E-state index is 1.03. The van der Waals surface area contributed by atoms with Crippen molar-refractivity contribution in [3.63, 3.8) is 0 Å². The maximum absolute atomic E-state index is 2.37. The van der Waals surface area contributed by atoms with Crippen molar-refractivity contribution >= 4 is 45.8 Å². The number of hydrogen-bond donors (Lipinski definition) is 0. The second kappa shape index (κ2) is 3.95. The van der Waals surface area contributed by atoms with Crippen LogP contribution in [-0.2, 0) is 0 Å². The number of rotatable bonds is 0. The molecule has 2 aliphatic carbocycles. The van der Waals surface area contributed by atoms with Gasteiger partial charge >= 0.3 is 0 Å².